The third-order valence-electron chi connectivity index (χ3n) is 2.66. The van der Waals surface area contributed by atoms with Crippen LogP contribution in [0.25, 0.3) is 0 Å². The summed E-state index contributed by atoms with van der Waals surface area (Å²) in [6, 6.07) is 8.22. The fourth-order valence-electron chi connectivity index (χ4n) is 1.67. The standard InChI is InChI=1S/C13H13ClN4O2/c1-8-3-4-11(10(14)5-8)16-13-7-9(18(19)20)6-12(15-2)17-13/h3-7H,1-2H3,(H2,15,16,17). The Kier molecular flexibility index (Phi) is 4.05. The van der Waals surface area contributed by atoms with Crippen molar-refractivity contribution in [2.75, 3.05) is 17.7 Å². The van der Waals surface area contributed by atoms with E-state index >= 15 is 0 Å². The van der Waals surface area contributed by atoms with Crippen LogP contribution in [-0.2, 0) is 0 Å². The number of nitrogens with one attached hydrogen (secondary N) is 2. The molecule has 0 aliphatic heterocycles. The van der Waals surface area contributed by atoms with Gasteiger partial charge in [0.1, 0.15) is 11.6 Å². The zero-order valence-corrected chi connectivity index (χ0v) is 11.7. The third-order valence-corrected chi connectivity index (χ3v) is 2.98. The van der Waals surface area contributed by atoms with Crippen molar-refractivity contribution >= 4 is 34.6 Å². The van der Waals surface area contributed by atoms with Crippen LogP contribution in [0.3, 0.4) is 0 Å². The second-order valence-corrected chi connectivity index (χ2v) is 4.62. The van der Waals surface area contributed by atoms with E-state index in [0.29, 0.717) is 22.3 Å². The van der Waals surface area contributed by atoms with Gasteiger partial charge in [-0.15, -0.1) is 0 Å². The van der Waals surface area contributed by atoms with E-state index in [0.717, 1.165) is 5.56 Å². The normalized spacial score (nSPS) is 10.2. The predicted octanol–water partition coefficient (Wildman–Crippen LogP) is 3.74. The van der Waals surface area contributed by atoms with Crippen molar-refractivity contribution in [3.05, 3.63) is 51.0 Å². The van der Waals surface area contributed by atoms with Crippen LogP contribution < -0.4 is 10.6 Å². The van der Waals surface area contributed by atoms with Gasteiger partial charge in [-0.1, -0.05) is 17.7 Å². The molecule has 6 nitrogen and oxygen atoms in total. The number of rotatable bonds is 4. The zero-order valence-electron chi connectivity index (χ0n) is 11.0. The summed E-state index contributed by atoms with van der Waals surface area (Å²) in [6.45, 7) is 1.93. The highest BCUT2D eigenvalue weighted by Crippen LogP contribution is 2.28. The molecule has 0 unspecified atom stereocenters. The van der Waals surface area contributed by atoms with Crippen LogP contribution in [0, 0.1) is 17.0 Å². The Morgan fingerprint density at radius 1 is 1.25 bits per heavy atom. The van der Waals surface area contributed by atoms with Gasteiger partial charge in [0.25, 0.3) is 5.69 Å². The van der Waals surface area contributed by atoms with E-state index in [4.69, 9.17) is 11.6 Å². The number of nitro groups is 1. The highest BCUT2D eigenvalue weighted by Gasteiger charge is 2.11. The second kappa shape index (κ2) is 5.75. The van der Waals surface area contributed by atoms with Crippen LogP contribution in [0.4, 0.5) is 23.0 Å². The molecule has 0 atom stereocenters. The molecule has 0 aliphatic carbocycles. The van der Waals surface area contributed by atoms with E-state index in [2.05, 4.69) is 15.6 Å². The Balaban J connectivity index is 2.37. The van der Waals surface area contributed by atoms with E-state index in [1.54, 1.807) is 19.2 Å². The number of hydrogen-bond acceptors (Lipinski definition) is 5. The Morgan fingerprint density at radius 3 is 2.55 bits per heavy atom. The van der Waals surface area contributed by atoms with Crippen molar-refractivity contribution < 1.29 is 4.92 Å². The molecule has 0 aliphatic rings. The fourth-order valence-corrected chi connectivity index (χ4v) is 1.96. The van der Waals surface area contributed by atoms with Crippen molar-refractivity contribution in [2.45, 2.75) is 6.92 Å². The number of nitrogens with zero attached hydrogens (tertiary/aromatic N) is 2. The number of benzene rings is 1. The lowest BCUT2D eigenvalue weighted by Gasteiger charge is -2.09. The Bertz CT molecular complexity index is 661. The van der Waals surface area contributed by atoms with Crippen LogP contribution in [0.2, 0.25) is 5.02 Å². The largest absolute Gasteiger partial charge is 0.373 e. The lowest BCUT2D eigenvalue weighted by molar-refractivity contribution is -0.384. The summed E-state index contributed by atoms with van der Waals surface area (Å²) < 4.78 is 0. The summed E-state index contributed by atoms with van der Waals surface area (Å²) in [7, 11) is 1.65. The first kappa shape index (κ1) is 14.1. The first-order valence-electron chi connectivity index (χ1n) is 5.87. The Hall–Kier alpha value is -2.34. The third kappa shape index (κ3) is 3.16. The minimum absolute atomic E-state index is 0.0462. The number of pyridine rings is 1. The average molecular weight is 293 g/mol. The summed E-state index contributed by atoms with van der Waals surface area (Å²) >= 11 is 6.12. The van der Waals surface area contributed by atoms with E-state index in [1.165, 1.54) is 12.1 Å². The van der Waals surface area contributed by atoms with Crippen molar-refractivity contribution in [1.82, 2.24) is 4.98 Å². The Labute approximate surface area is 120 Å². The summed E-state index contributed by atoms with van der Waals surface area (Å²) in [4.78, 5) is 14.6. The SMILES string of the molecule is CNc1cc([N+](=O)[O-])cc(Nc2ccc(C)cc2Cl)n1. The van der Waals surface area contributed by atoms with Gasteiger partial charge < -0.3 is 10.6 Å². The molecule has 1 aromatic heterocycles. The number of aromatic nitrogens is 1. The minimum Gasteiger partial charge on any atom is -0.373 e. The van der Waals surface area contributed by atoms with Crippen LogP contribution in [0.1, 0.15) is 5.56 Å². The van der Waals surface area contributed by atoms with Crippen LogP contribution in [0.5, 0.6) is 0 Å². The smallest absolute Gasteiger partial charge is 0.276 e. The van der Waals surface area contributed by atoms with Gasteiger partial charge in [-0.05, 0) is 24.6 Å². The van der Waals surface area contributed by atoms with Crippen molar-refractivity contribution in [3.63, 3.8) is 0 Å². The first-order chi connectivity index (χ1) is 9.49. The van der Waals surface area contributed by atoms with Crippen molar-refractivity contribution in [2.24, 2.45) is 0 Å². The summed E-state index contributed by atoms with van der Waals surface area (Å²) in [5.41, 5.74) is 1.63. The van der Waals surface area contributed by atoms with E-state index in [9.17, 15) is 10.1 Å². The molecule has 104 valence electrons. The summed E-state index contributed by atoms with van der Waals surface area (Å²) in [5, 5.41) is 17.2. The van der Waals surface area contributed by atoms with Gasteiger partial charge in [0.05, 0.1) is 27.8 Å². The highest BCUT2D eigenvalue weighted by molar-refractivity contribution is 6.33. The quantitative estimate of drug-likeness (QED) is 0.663. The van der Waals surface area contributed by atoms with Gasteiger partial charge >= 0.3 is 0 Å². The van der Waals surface area contributed by atoms with Gasteiger partial charge in [-0.25, -0.2) is 4.98 Å². The van der Waals surface area contributed by atoms with Crippen LogP contribution in [-0.4, -0.2) is 17.0 Å². The molecule has 0 bridgehead atoms. The van der Waals surface area contributed by atoms with Gasteiger partial charge in [-0.3, -0.25) is 10.1 Å². The van der Waals surface area contributed by atoms with Crippen LogP contribution >= 0.6 is 11.6 Å². The van der Waals surface area contributed by atoms with E-state index < -0.39 is 4.92 Å². The lowest BCUT2D eigenvalue weighted by atomic mass is 10.2. The summed E-state index contributed by atoms with van der Waals surface area (Å²) in [5.74, 6) is 0.763. The predicted molar refractivity (Wildman–Crippen MR) is 79.9 cm³/mol. The molecule has 2 aromatic rings. The van der Waals surface area contributed by atoms with Gasteiger partial charge in [-0.2, -0.15) is 0 Å². The zero-order chi connectivity index (χ0) is 14.7. The van der Waals surface area contributed by atoms with Crippen LogP contribution in [0.15, 0.2) is 30.3 Å². The number of anilines is 3. The van der Waals surface area contributed by atoms with Gasteiger partial charge in [0.15, 0.2) is 0 Å². The molecule has 20 heavy (non-hydrogen) atoms. The molecule has 1 heterocycles. The maximum absolute atomic E-state index is 10.9. The fraction of sp³-hybridized carbons (Fsp3) is 0.154. The van der Waals surface area contributed by atoms with Crippen molar-refractivity contribution in [3.8, 4) is 0 Å². The molecule has 0 spiro atoms. The molecule has 0 fully saturated rings. The van der Waals surface area contributed by atoms with Gasteiger partial charge in [0.2, 0.25) is 0 Å². The summed E-state index contributed by atoms with van der Waals surface area (Å²) in [6.07, 6.45) is 0. The molecular formula is C13H13ClN4O2. The molecule has 7 heteroatoms. The maximum Gasteiger partial charge on any atom is 0.276 e. The molecule has 0 radical (unpaired) electrons. The Morgan fingerprint density at radius 2 is 1.95 bits per heavy atom. The highest BCUT2D eigenvalue weighted by atomic mass is 35.5. The molecule has 2 rings (SSSR count). The number of hydrogen-bond donors (Lipinski definition) is 2. The number of halogens is 1. The van der Waals surface area contributed by atoms with E-state index in [-0.39, 0.29) is 5.69 Å². The second-order valence-electron chi connectivity index (χ2n) is 4.21. The van der Waals surface area contributed by atoms with Gasteiger partial charge in [0, 0.05) is 7.05 Å². The minimum atomic E-state index is -0.468. The molecule has 0 saturated carbocycles. The lowest BCUT2D eigenvalue weighted by Crippen LogP contribution is -2.00. The molecule has 0 saturated heterocycles. The van der Waals surface area contributed by atoms with E-state index in [1.807, 2.05) is 13.0 Å². The molecule has 1 aromatic carbocycles. The topological polar surface area (TPSA) is 80.1 Å². The first-order valence-corrected chi connectivity index (χ1v) is 6.25. The molecule has 0 amide bonds. The van der Waals surface area contributed by atoms with Crippen molar-refractivity contribution in [1.29, 1.82) is 0 Å². The average Bonchev–Trinajstić information content (AvgIpc) is 2.41. The molecular weight excluding hydrogens is 280 g/mol. The monoisotopic (exact) mass is 292 g/mol. The molecule has 2 N–H and O–H groups in total. The maximum atomic E-state index is 10.9. The number of aryl methyl sites for hydroxylation is 1.